The molecule has 0 fully saturated rings. The predicted octanol–water partition coefficient (Wildman–Crippen LogP) is 16.5. The van der Waals surface area contributed by atoms with E-state index in [9.17, 15) is 0 Å². The van der Waals surface area contributed by atoms with E-state index in [-0.39, 0.29) is 23.1 Å². The molecular formula is C65H53BN2S. The first-order valence-corrected chi connectivity index (χ1v) is 25.9. The fraction of sp³-hybridized carbons (Fsp3) is 0.200. The highest BCUT2D eigenvalue weighted by Gasteiger charge is 2.48. The number of benzene rings is 9. The molecule has 0 atom stereocenters. The van der Waals surface area contributed by atoms with Gasteiger partial charge >= 0.3 is 6.85 Å². The summed E-state index contributed by atoms with van der Waals surface area (Å²) in [4.78, 5) is 2.73. The summed E-state index contributed by atoms with van der Waals surface area (Å²) in [6, 6.07) is 59.7. The lowest BCUT2D eigenvalue weighted by atomic mass is 9.43. The second-order valence-electron chi connectivity index (χ2n) is 22.9. The molecule has 2 aliphatic heterocycles. The molecule has 0 amide bonds. The normalized spacial score (nSPS) is 16.6. The third-order valence-corrected chi connectivity index (χ3v) is 18.7. The molecule has 332 valence electrons. The maximum Gasteiger partial charge on any atom is 0.333 e. The summed E-state index contributed by atoms with van der Waals surface area (Å²) in [6.07, 6.45) is 2.40. The van der Waals surface area contributed by atoms with E-state index in [2.05, 4.69) is 216 Å². The number of nitrogens with zero attached hydrogens (tertiary/aromatic N) is 2. The van der Waals surface area contributed by atoms with Crippen LogP contribution >= 0.6 is 11.3 Å². The van der Waals surface area contributed by atoms with Crippen LogP contribution in [0.5, 0.6) is 0 Å². The van der Waals surface area contributed by atoms with Gasteiger partial charge in [-0.15, -0.1) is 11.3 Å². The monoisotopic (exact) mass is 904 g/mol. The maximum atomic E-state index is 2.73. The van der Waals surface area contributed by atoms with Crippen molar-refractivity contribution < 1.29 is 0 Å². The van der Waals surface area contributed by atoms with Crippen molar-refractivity contribution in [3.05, 3.63) is 185 Å². The van der Waals surface area contributed by atoms with E-state index in [0.29, 0.717) is 0 Å². The van der Waals surface area contributed by atoms with Crippen LogP contribution in [0.2, 0.25) is 0 Å². The minimum Gasteiger partial charge on any atom is -0.376 e. The van der Waals surface area contributed by atoms with Crippen molar-refractivity contribution in [2.45, 2.75) is 84.5 Å². The second-order valence-corrected chi connectivity index (χ2v) is 23.9. The summed E-state index contributed by atoms with van der Waals surface area (Å²) < 4.78 is 5.35. The summed E-state index contributed by atoms with van der Waals surface area (Å²) in [7, 11) is 0. The van der Waals surface area contributed by atoms with Crippen molar-refractivity contribution >= 4 is 93.2 Å². The number of hydrogen-bond acceptors (Lipinski definition) is 2. The van der Waals surface area contributed by atoms with Crippen LogP contribution < -0.4 is 15.7 Å². The first-order chi connectivity index (χ1) is 33.3. The Hall–Kier alpha value is -6.88. The highest BCUT2D eigenvalue weighted by Crippen LogP contribution is 2.58. The van der Waals surface area contributed by atoms with Crippen molar-refractivity contribution in [2.24, 2.45) is 0 Å². The van der Waals surface area contributed by atoms with Gasteiger partial charge in [0.2, 0.25) is 0 Å². The fourth-order valence-electron chi connectivity index (χ4n) is 13.8. The lowest BCUT2D eigenvalue weighted by Gasteiger charge is -2.43. The molecule has 4 aliphatic rings. The number of aryl methyl sites for hydroxylation is 2. The Kier molecular flexibility index (Phi) is 7.69. The van der Waals surface area contributed by atoms with E-state index in [4.69, 9.17) is 0 Å². The zero-order valence-electron chi connectivity index (χ0n) is 40.7. The Balaban J connectivity index is 1.12. The van der Waals surface area contributed by atoms with Crippen molar-refractivity contribution in [3.63, 3.8) is 0 Å². The van der Waals surface area contributed by atoms with E-state index >= 15 is 0 Å². The largest absolute Gasteiger partial charge is 0.376 e. The second kappa shape index (κ2) is 13.3. The van der Waals surface area contributed by atoms with Crippen LogP contribution in [-0.4, -0.2) is 11.4 Å². The Morgan fingerprint density at radius 1 is 0.478 bits per heavy atom. The molecule has 2 aliphatic carbocycles. The average Bonchev–Trinajstić information content (AvgIpc) is 3.97. The van der Waals surface area contributed by atoms with Gasteiger partial charge in [-0.1, -0.05) is 150 Å². The molecule has 0 spiro atoms. The molecule has 0 bridgehead atoms. The summed E-state index contributed by atoms with van der Waals surface area (Å²) in [6.45, 7) is 19.3. The smallest absolute Gasteiger partial charge is 0.333 e. The van der Waals surface area contributed by atoms with Gasteiger partial charge < -0.3 is 9.38 Å². The van der Waals surface area contributed by atoms with E-state index in [1.165, 1.54) is 160 Å². The van der Waals surface area contributed by atoms with Crippen molar-refractivity contribution in [3.8, 4) is 39.1 Å². The molecule has 11 aromatic rings. The van der Waals surface area contributed by atoms with E-state index in [0.717, 1.165) is 0 Å². The lowest BCUT2D eigenvalue weighted by molar-refractivity contribution is 0.331. The van der Waals surface area contributed by atoms with Crippen molar-refractivity contribution in [1.29, 1.82) is 0 Å². The molecule has 0 unspecified atom stereocenters. The zero-order chi connectivity index (χ0) is 46.6. The van der Waals surface area contributed by atoms with Crippen LogP contribution in [0.1, 0.15) is 87.8 Å². The zero-order valence-corrected chi connectivity index (χ0v) is 41.5. The minimum atomic E-state index is -0.186. The Morgan fingerprint density at radius 2 is 1.14 bits per heavy atom. The van der Waals surface area contributed by atoms with Crippen molar-refractivity contribution in [2.75, 3.05) is 4.81 Å². The lowest BCUT2D eigenvalue weighted by Crippen LogP contribution is -2.60. The number of rotatable bonds is 2. The van der Waals surface area contributed by atoms with Crippen LogP contribution in [0, 0.1) is 13.8 Å². The molecule has 2 aromatic heterocycles. The first kappa shape index (κ1) is 40.1. The van der Waals surface area contributed by atoms with Crippen LogP contribution in [0.4, 0.5) is 11.4 Å². The molecule has 9 aromatic carbocycles. The SMILES string of the molecule is Cc1ccc(N2B3c4cc(C)ccc4-n4c5c3c(cc(-c3ccc6c(c3)sc3ccccc36)c5c3ccc5ccccc5c34)-c3cc4c(cc32)C(C)(C)c2cc3c(cc2-4)C(C)(C)CCC3(C)C)cc1. The van der Waals surface area contributed by atoms with E-state index in [1.807, 2.05) is 11.3 Å². The van der Waals surface area contributed by atoms with Gasteiger partial charge in [-0.2, -0.15) is 0 Å². The molecule has 4 heteroatoms. The van der Waals surface area contributed by atoms with Gasteiger partial charge in [-0.05, 0) is 158 Å². The summed E-state index contributed by atoms with van der Waals surface area (Å²) in [5.41, 5.74) is 25.7. The summed E-state index contributed by atoms with van der Waals surface area (Å²) >= 11 is 1.91. The van der Waals surface area contributed by atoms with E-state index < -0.39 is 0 Å². The quantitative estimate of drug-likeness (QED) is 0.157. The van der Waals surface area contributed by atoms with E-state index in [1.54, 1.807) is 0 Å². The molecule has 2 nitrogen and oxygen atoms in total. The first-order valence-electron chi connectivity index (χ1n) is 25.1. The molecule has 0 saturated heterocycles. The third kappa shape index (κ3) is 5.18. The summed E-state index contributed by atoms with van der Waals surface area (Å²) in [5, 5.41) is 7.85. The number of fused-ring (bicyclic) bond motifs is 17. The topological polar surface area (TPSA) is 8.17 Å². The fourth-order valence-corrected chi connectivity index (χ4v) is 14.9. The van der Waals surface area contributed by atoms with Gasteiger partial charge in [0.25, 0.3) is 0 Å². The number of hydrogen-bond donors (Lipinski definition) is 0. The molecule has 69 heavy (non-hydrogen) atoms. The highest BCUT2D eigenvalue weighted by molar-refractivity contribution is 7.25. The average molecular weight is 905 g/mol. The number of aromatic nitrogens is 1. The van der Waals surface area contributed by atoms with Gasteiger partial charge in [0, 0.05) is 64.4 Å². The Bertz CT molecular complexity index is 4140. The van der Waals surface area contributed by atoms with Crippen LogP contribution in [0.25, 0.3) is 91.8 Å². The van der Waals surface area contributed by atoms with Gasteiger partial charge in [0.15, 0.2) is 0 Å². The van der Waals surface area contributed by atoms with Gasteiger partial charge in [0.05, 0.1) is 11.0 Å². The molecular weight excluding hydrogens is 852 g/mol. The molecule has 4 heterocycles. The molecule has 15 rings (SSSR count). The molecule has 0 radical (unpaired) electrons. The maximum absolute atomic E-state index is 2.73. The van der Waals surface area contributed by atoms with Crippen LogP contribution in [0.15, 0.2) is 152 Å². The Labute approximate surface area is 409 Å². The standard InChI is InChI=1S/C65H53BN2S/c1-36-17-22-40(23-18-36)68-56-35-51-46(47-33-52-53(34-50(47)65(51,7)8)64(5,6)28-27-63(52,3)4)32-48(56)49-31-45(39-21-24-43-42-15-11-12-16-57(42)69-58(43)30-39)59-44-25-20-38-13-9-10-14-41(38)61(44)67-55-26-19-37(2)29-54(55)66(68)60(49)62(59)67/h9-26,29-35H,27-28H2,1-8H3. The summed E-state index contributed by atoms with van der Waals surface area (Å²) in [5.74, 6) is 0. The van der Waals surface area contributed by atoms with Gasteiger partial charge in [-0.3, -0.25) is 0 Å². The minimum absolute atomic E-state index is 0.0614. The van der Waals surface area contributed by atoms with Crippen LogP contribution in [-0.2, 0) is 16.2 Å². The molecule has 0 N–H and O–H groups in total. The number of anilines is 2. The third-order valence-electron chi connectivity index (χ3n) is 17.5. The predicted molar refractivity (Wildman–Crippen MR) is 298 cm³/mol. The Morgan fingerprint density at radius 3 is 1.96 bits per heavy atom. The highest BCUT2D eigenvalue weighted by atomic mass is 32.1. The van der Waals surface area contributed by atoms with Gasteiger partial charge in [0.1, 0.15) is 0 Å². The van der Waals surface area contributed by atoms with Crippen molar-refractivity contribution in [1.82, 2.24) is 4.57 Å². The molecule has 0 saturated carbocycles. The van der Waals surface area contributed by atoms with Gasteiger partial charge in [-0.25, -0.2) is 0 Å². The van der Waals surface area contributed by atoms with Crippen LogP contribution in [0.3, 0.4) is 0 Å². The number of thiophene rings is 1.